The summed E-state index contributed by atoms with van der Waals surface area (Å²) in [6.45, 7) is 5.72. The predicted molar refractivity (Wildman–Crippen MR) is 116 cm³/mol. The maximum Gasteiger partial charge on any atom is 0.252 e. The van der Waals surface area contributed by atoms with Crippen LogP contribution in [0.15, 0.2) is 42.9 Å². The summed E-state index contributed by atoms with van der Waals surface area (Å²) in [4.78, 5) is 12.8. The number of nitrogens with zero attached hydrogens (tertiary/aromatic N) is 7. The molecule has 0 amide bonds. The minimum atomic E-state index is -0.685. The molecule has 33 heavy (non-hydrogen) atoms. The van der Waals surface area contributed by atoms with Gasteiger partial charge < -0.3 is 5.11 Å². The third kappa shape index (κ3) is 4.47. The van der Waals surface area contributed by atoms with E-state index < -0.39 is 11.6 Å². The predicted octanol–water partition coefficient (Wildman–Crippen LogP) is 3.95. The van der Waals surface area contributed by atoms with Gasteiger partial charge in [-0.1, -0.05) is 26.8 Å². The van der Waals surface area contributed by atoms with Crippen molar-refractivity contribution in [2.45, 2.75) is 45.6 Å². The van der Waals surface area contributed by atoms with Crippen LogP contribution in [0.4, 0.5) is 8.78 Å². The van der Waals surface area contributed by atoms with Crippen LogP contribution in [0, 0.1) is 11.6 Å². The third-order valence-corrected chi connectivity index (χ3v) is 5.62. The highest BCUT2D eigenvalue weighted by molar-refractivity contribution is 5.61. The van der Waals surface area contributed by atoms with Crippen molar-refractivity contribution >= 4 is 0 Å². The van der Waals surface area contributed by atoms with Crippen LogP contribution in [-0.4, -0.2) is 40.0 Å². The summed E-state index contributed by atoms with van der Waals surface area (Å²) in [6, 6.07) is 7.20. The molecule has 0 spiro atoms. The first-order valence-electron chi connectivity index (χ1n) is 10.6. The van der Waals surface area contributed by atoms with E-state index in [1.807, 2.05) is 20.8 Å². The van der Waals surface area contributed by atoms with Gasteiger partial charge in [-0.2, -0.15) is 14.9 Å². The summed E-state index contributed by atoms with van der Waals surface area (Å²) in [5, 5.41) is 21.9. The standard InChI is InChI=1S/C23H23F2N7O/c1-4-13(2)15-10-19(21-16(24)6-5-7-17(21)25)29-30-22(15)14(3)18-8-9-26-23(28-18)32-12-27-20(11-33)31-32/h5-10,12-14,33H,4,11H2,1-3H3/t13-,14?/m0/s1. The number of benzene rings is 1. The number of hydrogen-bond donors (Lipinski definition) is 1. The van der Waals surface area contributed by atoms with Crippen molar-refractivity contribution < 1.29 is 13.9 Å². The number of aliphatic hydroxyl groups is 1. The summed E-state index contributed by atoms with van der Waals surface area (Å²) < 4.78 is 30.1. The van der Waals surface area contributed by atoms with E-state index in [0.29, 0.717) is 17.3 Å². The first kappa shape index (κ1) is 22.5. The summed E-state index contributed by atoms with van der Waals surface area (Å²) in [6.07, 6.45) is 3.84. The number of halogens is 2. The fraction of sp³-hybridized carbons (Fsp3) is 0.304. The van der Waals surface area contributed by atoms with Crippen LogP contribution < -0.4 is 0 Å². The van der Waals surface area contributed by atoms with E-state index in [4.69, 9.17) is 0 Å². The molecule has 3 aromatic heterocycles. The van der Waals surface area contributed by atoms with E-state index in [1.54, 1.807) is 18.3 Å². The Balaban J connectivity index is 1.76. The van der Waals surface area contributed by atoms with E-state index in [2.05, 4.69) is 30.2 Å². The Morgan fingerprint density at radius 1 is 1.06 bits per heavy atom. The molecule has 4 aromatic rings. The minimum absolute atomic E-state index is 0.0790. The average molecular weight is 451 g/mol. The maximum atomic E-state index is 14.4. The summed E-state index contributed by atoms with van der Waals surface area (Å²) in [5.41, 5.74) is 2.15. The fourth-order valence-corrected chi connectivity index (χ4v) is 3.55. The van der Waals surface area contributed by atoms with Gasteiger partial charge in [-0.15, -0.1) is 5.10 Å². The van der Waals surface area contributed by atoms with Gasteiger partial charge in [0, 0.05) is 12.1 Å². The molecule has 10 heteroatoms. The Kier molecular flexibility index (Phi) is 6.45. The van der Waals surface area contributed by atoms with Crippen molar-refractivity contribution in [2.75, 3.05) is 0 Å². The molecule has 4 rings (SSSR count). The Morgan fingerprint density at radius 3 is 2.48 bits per heavy atom. The number of aliphatic hydroxyl groups excluding tert-OH is 1. The molecule has 0 bridgehead atoms. The van der Waals surface area contributed by atoms with Crippen LogP contribution in [-0.2, 0) is 6.61 Å². The maximum absolute atomic E-state index is 14.4. The normalized spacial score (nSPS) is 13.2. The molecule has 0 aliphatic heterocycles. The zero-order valence-corrected chi connectivity index (χ0v) is 18.4. The average Bonchev–Trinajstić information content (AvgIpc) is 3.32. The molecule has 1 aromatic carbocycles. The van der Waals surface area contributed by atoms with E-state index in [-0.39, 0.29) is 35.5 Å². The zero-order chi connectivity index (χ0) is 23.5. The van der Waals surface area contributed by atoms with Gasteiger partial charge in [-0.25, -0.2) is 23.7 Å². The van der Waals surface area contributed by atoms with Gasteiger partial charge in [0.25, 0.3) is 5.95 Å². The lowest BCUT2D eigenvalue weighted by molar-refractivity contribution is 0.271. The van der Waals surface area contributed by atoms with Gasteiger partial charge in [0.15, 0.2) is 5.82 Å². The van der Waals surface area contributed by atoms with Crippen LogP contribution in [0.2, 0.25) is 0 Å². The molecule has 3 heterocycles. The quantitative estimate of drug-likeness (QED) is 0.454. The van der Waals surface area contributed by atoms with E-state index in [1.165, 1.54) is 29.2 Å². The fourth-order valence-electron chi connectivity index (χ4n) is 3.55. The van der Waals surface area contributed by atoms with Crippen molar-refractivity contribution in [2.24, 2.45) is 0 Å². The van der Waals surface area contributed by atoms with Gasteiger partial charge in [-0.3, -0.25) is 0 Å². The summed E-state index contributed by atoms with van der Waals surface area (Å²) in [7, 11) is 0. The number of hydrogen-bond acceptors (Lipinski definition) is 7. The molecule has 0 aliphatic rings. The largest absolute Gasteiger partial charge is 0.388 e. The number of aromatic nitrogens is 7. The smallest absolute Gasteiger partial charge is 0.252 e. The Hall–Kier alpha value is -3.66. The van der Waals surface area contributed by atoms with Crippen molar-refractivity contribution in [3.05, 3.63) is 77.3 Å². The molecule has 170 valence electrons. The summed E-state index contributed by atoms with van der Waals surface area (Å²) in [5.74, 6) is -1.00. The van der Waals surface area contributed by atoms with Gasteiger partial charge in [-0.05, 0) is 42.2 Å². The van der Waals surface area contributed by atoms with Gasteiger partial charge in [0.05, 0.1) is 22.6 Å². The second kappa shape index (κ2) is 9.45. The third-order valence-electron chi connectivity index (χ3n) is 5.62. The van der Waals surface area contributed by atoms with Gasteiger partial charge in [0.1, 0.15) is 24.6 Å². The molecule has 0 saturated heterocycles. The lowest BCUT2D eigenvalue weighted by Gasteiger charge is -2.19. The van der Waals surface area contributed by atoms with Gasteiger partial charge in [0.2, 0.25) is 0 Å². The molecule has 0 fully saturated rings. The Morgan fingerprint density at radius 2 is 1.82 bits per heavy atom. The molecule has 2 atom stereocenters. The molecule has 0 saturated carbocycles. The van der Waals surface area contributed by atoms with Crippen LogP contribution in [0.25, 0.3) is 17.2 Å². The monoisotopic (exact) mass is 451 g/mol. The molecule has 1 N–H and O–H groups in total. The highest BCUT2D eigenvalue weighted by Gasteiger charge is 2.23. The van der Waals surface area contributed by atoms with Crippen molar-refractivity contribution in [1.82, 2.24) is 34.9 Å². The zero-order valence-electron chi connectivity index (χ0n) is 18.4. The second-order valence-corrected chi connectivity index (χ2v) is 7.74. The van der Waals surface area contributed by atoms with Gasteiger partial charge >= 0.3 is 0 Å². The molecule has 1 unspecified atom stereocenters. The highest BCUT2D eigenvalue weighted by Crippen LogP contribution is 2.33. The second-order valence-electron chi connectivity index (χ2n) is 7.74. The van der Waals surface area contributed by atoms with E-state index in [0.717, 1.165) is 12.0 Å². The van der Waals surface area contributed by atoms with Crippen LogP contribution in [0.5, 0.6) is 0 Å². The molecule has 8 nitrogen and oxygen atoms in total. The Bertz CT molecular complexity index is 1260. The van der Waals surface area contributed by atoms with Crippen molar-refractivity contribution in [3.8, 4) is 17.2 Å². The lowest BCUT2D eigenvalue weighted by Crippen LogP contribution is -2.12. The summed E-state index contributed by atoms with van der Waals surface area (Å²) >= 11 is 0. The topological polar surface area (TPSA) is 102 Å². The van der Waals surface area contributed by atoms with Crippen LogP contribution in [0.1, 0.15) is 61.8 Å². The molecule has 0 radical (unpaired) electrons. The number of rotatable bonds is 7. The van der Waals surface area contributed by atoms with Crippen LogP contribution >= 0.6 is 0 Å². The Labute approximate surface area is 189 Å². The molecular weight excluding hydrogens is 428 g/mol. The van der Waals surface area contributed by atoms with Crippen molar-refractivity contribution in [3.63, 3.8) is 0 Å². The highest BCUT2D eigenvalue weighted by atomic mass is 19.1. The SMILES string of the molecule is CC[C@H](C)c1cc(-c2c(F)cccc2F)nnc1C(C)c1ccnc(-n2cnc(CO)n2)n1. The first-order valence-corrected chi connectivity index (χ1v) is 10.6. The molecular formula is C23H23F2N7O. The minimum Gasteiger partial charge on any atom is -0.388 e. The van der Waals surface area contributed by atoms with E-state index >= 15 is 0 Å². The first-order chi connectivity index (χ1) is 15.9. The molecule has 0 aliphatic carbocycles. The van der Waals surface area contributed by atoms with E-state index in [9.17, 15) is 13.9 Å². The van der Waals surface area contributed by atoms with Crippen LogP contribution in [0.3, 0.4) is 0 Å². The van der Waals surface area contributed by atoms with Crippen molar-refractivity contribution in [1.29, 1.82) is 0 Å². The lowest BCUT2D eigenvalue weighted by atomic mass is 9.89.